The molecule has 126 valence electrons. The van der Waals surface area contributed by atoms with E-state index in [0.29, 0.717) is 17.1 Å². The van der Waals surface area contributed by atoms with E-state index in [9.17, 15) is 9.90 Å². The molecule has 1 aliphatic carbocycles. The van der Waals surface area contributed by atoms with E-state index in [-0.39, 0.29) is 11.8 Å². The summed E-state index contributed by atoms with van der Waals surface area (Å²) in [5.41, 5.74) is 1.74. The van der Waals surface area contributed by atoms with Gasteiger partial charge >= 0.3 is 0 Å². The number of fused-ring (bicyclic) bond motifs is 1. The molecule has 1 saturated heterocycles. The molecule has 1 aliphatic heterocycles. The highest BCUT2D eigenvalue weighted by atomic mass is 35.5. The van der Waals surface area contributed by atoms with Crippen LogP contribution < -0.4 is 0 Å². The van der Waals surface area contributed by atoms with Crippen LogP contribution in [-0.4, -0.2) is 39.6 Å². The smallest absolute Gasteiger partial charge is 0.254 e. The predicted molar refractivity (Wildman–Crippen MR) is 94.3 cm³/mol. The number of aromatic nitrogens is 1. The molecule has 2 aliphatic rings. The van der Waals surface area contributed by atoms with Gasteiger partial charge in [0.25, 0.3) is 5.91 Å². The number of piperidine rings is 1. The minimum atomic E-state index is -0.529. The van der Waals surface area contributed by atoms with Crippen LogP contribution in [0.25, 0.3) is 10.9 Å². The van der Waals surface area contributed by atoms with Crippen molar-refractivity contribution < 1.29 is 9.90 Å². The van der Waals surface area contributed by atoms with Gasteiger partial charge < -0.3 is 10.0 Å². The molecule has 1 aromatic carbocycles. The van der Waals surface area contributed by atoms with Crippen molar-refractivity contribution in [3.63, 3.8) is 0 Å². The van der Waals surface area contributed by atoms with Crippen LogP contribution >= 0.6 is 11.6 Å². The molecule has 0 bridgehead atoms. The van der Waals surface area contributed by atoms with Crippen molar-refractivity contribution in [1.29, 1.82) is 0 Å². The van der Waals surface area contributed by atoms with E-state index in [2.05, 4.69) is 4.98 Å². The predicted octanol–water partition coefficient (Wildman–Crippen LogP) is 3.57. The highest BCUT2D eigenvalue weighted by Crippen LogP contribution is 2.45. The minimum Gasteiger partial charge on any atom is -0.390 e. The fourth-order valence-corrected chi connectivity index (χ4v) is 3.99. The quantitative estimate of drug-likeness (QED) is 0.906. The van der Waals surface area contributed by atoms with Gasteiger partial charge in [-0.15, -0.1) is 0 Å². The van der Waals surface area contributed by atoms with E-state index < -0.39 is 5.60 Å². The van der Waals surface area contributed by atoms with Crippen molar-refractivity contribution in [3.8, 4) is 0 Å². The molecule has 2 heterocycles. The fraction of sp³-hybridized carbons (Fsp3) is 0.474. The second-order valence-corrected chi connectivity index (χ2v) is 7.60. The first-order valence-electron chi connectivity index (χ1n) is 8.55. The van der Waals surface area contributed by atoms with Gasteiger partial charge in [0.05, 0.1) is 16.7 Å². The SMILES string of the molecule is Cc1cc(C(=O)N2CCCC(C3(O)CC3)C2)c2cc(Cl)ccc2n1. The Bertz CT molecular complexity index is 816. The fourth-order valence-electron chi connectivity index (χ4n) is 3.81. The number of halogens is 1. The van der Waals surface area contributed by atoms with E-state index in [1.807, 2.05) is 30.0 Å². The number of aliphatic hydroxyl groups is 1. The van der Waals surface area contributed by atoms with Crippen LogP contribution in [0.5, 0.6) is 0 Å². The third-order valence-corrected chi connectivity index (χ3v) is 5.60. The topological polar surface area (TPSA) is 53.4 Å². The van der Waals surface area contributed by atoms with Gasteiger partial charge in [0, 0.05) is 35.1 Å². The van der Waals surface area contributed by atoms with Crippen molar-refractivity contribution in [3.05, 3.63) is 40.5 Å². The lowest BCUT2D eigenvalue weighted by atomic mass is 9.90. The van der Waals surface area contributed by atoms with E-state index in [4.69, 9.17) is 11.6 Å². The summed E-state index contributed by atoms with van der Waals surface area (Å²) in [5, 5.41) is 11.8. The van der Waals surface area contributed by atoms with Crippen LogP contribution in [0.1, 0.15) is 41.7 Å². The Morgan fingerprint density at radius 1 is 1.38 bits per heavy atom. The van der Waals surface area contributed by atoms with Crippen molar-refractivity contribution in [2.75, 3.05) is 13.1 Å². The third kappa shape index (κ3) is 2.78. The lowest BCUT2D eigenvalue weighted by molar-refractivity contribution is 0.0283. The van der Waals surface area contributed by atoms with E-state index in [0.717, 1.165) is 48.8 Å². The molecule has 1 N–H and O–H groups in total. The summed E-state index contributed by atoms with van der Waals surface area (Å²) in [7, 11) is 0. The summed E-state index contributed by atoms with van der Waals surface area (Å²) >= 11 is 6.13. The largest absolute Gasteiger partial charge is 0.390 e. The summed E-state index contributed by atoms with van der Waals surface area (Å²) in [6, 6.07) is 7.31. The molecule has 1 amide bonds. The lowest BCUT2D eigenvalue weighted by Crippen LogP contribution is -2.44. The molecule has 4 rings (SSSR count). The van der Waals surface area contributed by atoms with Gasteiger partial charge in [-0.05, 0) is 56.9 Å². The second kappa shape index (κ2) is 5.71. The summed E-state index contributed by atoms with van der Waals surface area (Å²) in [4.78, 5) is 19.5. The molecule has 1 unspecified atom stereocenters. The van der Waals surface area contributed by atoms with Crippen LogP contribution in [0, 0.1) is 12.8 Å². The van der Waals surface area contributed by atoms with E-state index in [1.54, 1.807) is 6.07 Å². The number of amides is 1. The number of likely N-dealkylation sites (tertiary alicyclic amines) is 1. The van der Waals surface area contributed by atoms with Crippen molar-refractivity contribution in [2.45, 2.75) is 38.2 Å². The highest BCUT2D eigenvalue weighted by Gasteiger charge is 2.49. The number of pyridine rings is 1. The van der Waals surface area contributed by atoms with Crippen molar-refractivity contribution in [2.24, 2.45) is 5.92 Å². The van der Waals surface area contributed by atoms with Crippen molar-refractivity contribution in [1.82, 2.24) is 9.88 Å². The van der Waals surface area contributed by atoms with Crippen LogP contribution in [0.15, 0.2) is 24.3 Å². The molecular formula is C19H21ClN2O2. The molecule has 1 aromatic heterocycles. The number of nitrogens with zero attached hydrogens (tertiary/aromatic N) is 2. The van der Waals surface area contributed by atoms with E-state index in [1.165, 1.54) is 0 Å². The first-order chi connectivity index (χ1) is 11.5. The summed E-state index contributed by atoms with van der Waals surface area (Å²) in [6.07, 6.45) is 3.68. The van der Waals surface area contributed by atoms with Gasteiger partial charge in [-0.1, -0.05) is 11.6 Å². The summed E-state index contributed by atoms with van der Waals surface area (Å²) in [6.45, 7) is 3.28. The van der Waals surface area contributed by atoms with E-state index >= 15 is 0 Å². The number of aryl methyl sites for hydroxylation is 1. The normalized spacial score (nSPS) is 22.6. The maximum atomic E-state index is 13.1. The number of rotatable bonds is 2. The maximum absolute atomic E-state index is 13.1. The first-order valence-corrected chi connectivity index (χ1v) is 8.93. The molecule has 1 saturated carbocycles. The molecule has 0 radical (unpaired) electrons. The lowest BCUT2D eigenvalue weighted by Gasteiger charge is -2.35. The van der Waals surface area contributed by atoms with Crippen molar-refractivity contribution >= 4 is 28.4 Å². The number of hydrogen-bond acceptors (Lipinski definition) is 3. The first kappa shape index (κ1) is 15.9. The Labute approximate surface area is 146 Å². The molecule has 24 heavy (non-hydrogen) atoms. The molecule has 0 spiro atoms. The molecule has 4 nitrogen and oxygen atoms in total. The van der Waals surface area contributed by atoms with Gasteiger partial charge in [-0.25, -0.2) is 0 Å². The average molecular weight is 345 g/mol. The Morgan fingerprint density at radius 3 is 2.92 bits per heavy atom. The standard InChI is InChI=1S/C19H21ClN2O2/c1-12-9-16(15-10-14(20)4-5-17(15)21-12)18(23)22-8-2-3-13(11-22)19(24)6-7-19/h4-5,9-10,13,24H,2-3,6-8,11H2,1H3. The third-order valence-electron chi connectivity index (χ3n) is 5.36. The molecule has 1 atom stereocenters. The number of carbonyl (C=O) groups excluding carboxylic acids is 1. The number of benzene rings is 1. The summed E-state index contributed by atoms with van der Waals surface area (Å²) < 4.78 is 0. The molecule has 5 heteroatoms. The average Bonchev–Trinajstić information content (AvgIpc) is 3.33. The van der Waals surface area contributed by atoms with Gasteiger partial charge in [0.15, 0.2) is 0 Å². The number of hydrogen-bond donors (Lipinski definition) is 1. The van der Waals surface area contributed by atoms with Crippen LogP contribution in [0.2, 0.25) is 5.02 Å². The van der Waals surface area contributed by atoms with Gasteiger partial charge in [0.1, 0.15) is 0 Å². The molecular weight excluding hydrogens is 324 g/mol. The van der Waals surface area contributed by atoms with Crippen LogP contribution in [0.4, 0.5) is 0 Å². The minimum absolute atomic E-state index is 0.0155. The zero-order valence-electron chi connectivity index (χ0n) is 13.8. The Hall–Kier alpha value is -1.65. The molecule has 2 fully saturated rings. The van der Waals surface area contributed by atoms with Crippen LogP contribution in [0.3, 0.4) is 0 Å². The van der Waals surface area contributed by atoms with Crippen LogP contribution in [-0.2, 0) is 0 Å². The second-order valence-electron chi connectivity index (χ2n) is 7.17. The molecule has 2 aromatic rings. The Kier molecular flexibility index (Phi) is 3.77. The highest BCUT2D eigenvalue weighted by molar-refractivity contribution is 6.31. The number of carbonyl (C=O) groups is 1. The Morgan fingerprint density at radius 2 is 2.17 bits per heavy atom. The zero-order valence-corrected chi connectivity index (χ0v) is 14.5. The monoisotopic (exact) mass is 344 g/mol. The Balaban J connectivity index is 1.69. The van der Waals surface area contributed by atoms with Gasteiger partial charge in [0.2, 0.25) is 0 Å². The summed E-state index contributed by atoms with van der Waals surface area (Å²) in [5.74, 6) is 0.217. The van der Waals surface area contributed by atoms with Gasteiger partial charge in [-0.3, -0.25) is 9.78 Å². The maximum Gasteiger partial charge on any atom is 0.254 e. The van der Waals surface area contributed by atoms with Gasteiger partial charge in [-0.2, -0.15) is 0 Å². The zero-order chi connectivity index (χ0) is 16.9.